The maximum absolute atomic E-state index is 13.8. The summed E-state index contributed by atoms with van der Waals surface area (Å²) in [6, 6.07) is 11.0. The number of nitrogens with zero attached hydrogens (tertiary/aromatic N) is 3. The molecule has 1 aliphatic rings. The van der Waals surface area contributed by atoms with Gasteiger partial charge in [-0.1, -0.05) is 6.07 Å². The fraction of sp³-hybridized carbons (Fsp3) is 0.458. The van der Waals surface area contributed by atoms with Crippen molar-refractivity contribution in [1.82, 2.24) is 15.1 Å². The molecule has 1 N–H and O–H groups in total. The van der Waals surface area contributed by atoms with E-state index in [2.05, 4.69) is 20.1 Å². The molecule has 0 spiro atoms. The normalized spacial score (nSPS) is 14.6. The lowest BCUT2D eigenvalue weighted by atomic mass is 10.1. The monoisotopic (exact) mass is 572 g/mol. The van der Waals surface area contributed by atoms with Crippen LogP contribution in [0.2, 0.25) is 0 Å². The Morgan fingerprint density at radius 3 is 2.39 bits per heavy atom. The number of guanidine groups is 1. The summed E-state index contributed by atoms with van der Waals surface area (Å²) < 4.78 is 29.8. The van der Waals surface area contributed by atoms with Crippen LogP contribution in [-0.2, 0) is 24.4 Å². The molecule has 182 valence electrons. The molecule has 1 heterocycles. The van der Waals surface area contributed by atoms with E-state index in [0.717, 1.165) is 61.3 Å². The van der Waals surface area contributed by atoms with E-state index < -0.39 is 0 Å². The lowest BCUT2D eigenvalue weighted by Crippen LogP contribution is -2.52. The fourth-order valence-corrected chi connectivity index (χ4v) is 3.88. The summed E-state index contributed by atoms with van der Waals surface area (Å²) in [6.45, 7) is 5.19. The molecule has 0 unspecified atom stereocenters. The number of nitrogens with one attached hydrogen (secondary N) is 1. The first kappa shape index (κ1) is 27.1. The van der Waals surface area contributed by atoms with Crippen LogP contribution in [0.1, 0.15) is 16.7 Å². The number of hydrogen-bond acceptors (Lipinski definition) is 5. The molecule has 0 amide bonds. The highest BCUT2D eigenvalue weighted by molar-refractivity contribution is 14.0. The Morgan fingerprint density at radius 2 is 1.76 bits per heavy atom. The van der Waals surface area contributed by atoms with E-state index in [4.69, 9.17) is 14.2 Å². The Balaban J connectivity index is 0.00000385. The van der Waals surface area contributed by atoms with E-state index in [0.29, 0.717) is 12.1 Å². The Bertz CT molecular complexity index is 921. The molecule has 33 heavy (non-hydrogen) atoms. The van der Waals surface area contributed by atoms with Crippen LogP contribution < -0.4 is 14.8 Å². The molecular weight excluding hydrogens is 538 g/mol. The molecule has 0 atom stereocenters. The number of rotatable bonds is 8. The second kappa shape index (κ2) is 13.6. The van der Waals surface area contributed by atoms with Gasteiger partial charge in [0.2, 0.25) is 0 Å². The van der Waals surface area contributed by atoms with E-state index in [1.165, 1.54) is 6.07 Å². The minimum absolute atomic E-state index is 0. The Labute approximate surface area is 212 Å². The Kier molecular flexibility index (Phi) is 11.2. The van der Waals surface area contributed by atoms with Gasteiger partial charge in [-0.25, -0.2) is 4.39 Å². The SMILES string of the molecule is CN=C(NCc1ccc(F)c(COC)c1)N1CCN(Cc2cc(OC)ccc2OC)CC1.I. The number of aliphatic imine (C=N–C) groups is 1. The standard InChI is InChI=1S/C24H33FN4O3.HI/c1-26-24(27-15-18-5-7-22(25)20(13-18)17-30-2)29-11-9-28(10-12-29)16-19-14-21(31-3)6-8-23(19)32-4;/h5-8,13-14H,9-12,15-17H2,1-4H3,(H,26,27);1H. The van der Waals surface area contributed by atoms with Crippen molar-refractivity contribution in [2.75, 3.05) is 54.6 Å². The zero-order valence-corrected chi connectivity index (χ0v) is 22.1. The molecule has 0 bridgehead atoms. The van der Waals surface area contributed by atoms with Crippen LogP contribution in [0.5, 0.6) is 11.5 Å². The van der Waals surface area contributed by atoms with Gasteiger partial charge in [0.1, 0.15) is 17.3 Å². The van der Waals surface area contributed by atoms with Crippen molar-refractivity contribution in [3.8, 4) is 11.5 Å². The predicted molar refractivity (Wildman–Crippen MR) is 139 cm³/mol. The molecule has 1 saturated heterocycles. The summed E-state index contributed by atoms with van der Waals surface area (Å²) >= 11 is 0. The third-order valence-corrected chi connectivity index (χ3v) is 5.63. The van der Waals surface area contributed by atoms with Crippen LogP contribution in [0.15, 0.2) is 41.4 Å². The van der Waals surface area contributed by atoms with Gasteiger partial charge in [-0.2, -0.15) is 0 Å². The van der Waals surface area contributed by atoms with Crippen molar-refractivity contribution in [1.29, 1.82) is 0 Å². The van der Waals surface area contributed by atoms with Gasteiger partial charge in [-0.15, -0.1) is 24.0 Å². The van der Waals surface area contributed by atoms with Crippen molar-refractivity contribution < 1.29 is 18.6 Å². The van der Waals surface area contributed by atoms with Crippen LogP contribution in [0, 0.1) is 5.82 Å². The van der Waals surface area contributed by atoms with Gasteiger partial charge in [0, 0.05) is 64.6 Å². The largest absolute Gasteiger partial charge is 0.497 e. The van der Waals surface area contributed by atoms with Crippen molar-refractivity contribution in [3.05, 3.63) is 58.9 Å². The van der Waals surface area contributed by atoms with Gasteiger partial charge in [-0.05, 0) is 35.9 Å². The Hall–Kier alpha value is -2.11. The summed E-state index contributed by atoms with van der Waals surface area (Å²) in [7, 11) is 6.72. The minimum atomic E-state index is -0.247. The van der Waals surface area contributed by atoms with Crippen LogP contribution in [-0.4, -0.2) is 70.3 Å². The van der Waals surface area contributed by atoms with Crippen molar-refractivity contribution >= 4 is 29.9 Å². The van der Waals surface area contributed by atoms with Crippen molar-refractivity contribution in [2.24, 2.45) is 4.99 Å². The smallest absolute Gasteiger partial charge is 0.194 e. The van der Waals surface area contributed by atoms with Crippen LogP contribution in [0.25, 0.3) is 0 Å². The zero-order chi connectivity index (χ0) is 22.9. The maximum Gasteiger partial charge on any atom is 0.194 e. The molecule has 3 rings (SSSR count). The summed E-state index contributed by atoms with van der Waals surface area (Å²) in [5.41, 5.74) is 2.66. The first-order valence-corrected chi connectivity index (χ1v) is 10.7. The molecule has 2 aromatic carbocycles. The first-order valence-electron chi connectivity index (χ1n) is 10.7. The van der Waals surface area contributed by atoms with E-state index in [1.54, 1.807) is 34.4 Å². The number of ether oxygens (including phenoxy) is 3. The summed E-state index contributed by atoms with van der Waals surface area (Å²) in [5.74, 6) is 2.31. The highest BCUT2D eigenvalue weighted by Gasteiger charge is 2.21. The summed E-state index contributed by atoms with van der Waals surface area (Å²) in [6.07, 6.45) is 0. The van der Waals surface area contributed by atoms with E-state index in [1.807, 2.05) is 24.3 Å². The molecule has 9 heteroatoms. The molecule has 1 fully saturated rings. The fourth-order valence-electron chi connectivity index (χ4n) is 3.88. The van der Waals surface area contributed by atoms with E-state index in [-0.39, 0.29) is 36.4 Å². The Morgan fingerprint density at radius 1 is 1.00 bits per heavy atom. The summed E-state index contributed by atoms with van der Waals surface area (Å²) in [5, 5.41) is 3.40. The van der Waals surface area contributed by atoms with E-state index >= 15 is 0 Å². The van der Waals surface area contributed by atoms with Gasteiger partial charge in [0.25, 0.3) is 0 Å². The lowest BCUT2D eigenvalue weighted by molar-refractivity contribution is 0.171. The molecule has 0 saturated carbocycles. The van der Waals surface area contributed by atoms with Crippen LogP contribution in [0.4, 0.5) is 4.39 Å². The average molecular weight is 572 g/mol. The molecule has 1 aliphatic heterocycles. The van der Waals surface area contributed by atoms with Gasteiger partial charge >= 0.3 is 0 Å². The molecule has 2 aromatic rings. The van der Waals surface area contributed by atoms with Gasteiger partial charge in [0.05, 0.1) is 20.8 Å². The molecule has 0 aromatic heterocycles. The third-order valence-electron chi connectivity index (χ3n) is 5.63. The van der Waals surface area contributed by atoms with Crippen molar-refractivity contribution in [3.63, 3.8) is 0 Å². The number of benzene rings is 2. The highest BCUT2D eigenvalue weighted by atomic mass is 127. The summed E-state index contributed by atoms with van der Waals surface area (Å²) in [4.78, 5) is 9.09. The topological polar surface area (TPSA) is 58.6 Å². The average Bonchev–Trinajstić information content (AvgIpc) is 2.82. The zero-order valence-electron chi connectivity index (χ0n) is 19.8. The van der Waals surface area contributed by atoms with Crippen LogP contribution >= 0.6 is 24.0 Å². The highest BCUT2D eigenvalue weighted by Crippen LogP contribution is 2.25. The van der Waals surface area contributed by atoms with E-state index in [9.17, 15) is 4.39 Å². The minimum Gasteiger partial charge on any atom is -0.497 e. The molecule has 0 aliphatic carbocycles. The molecule has 7 nitrogen and oxygen atoms in total. The van der Waals surface area contributed by atoms with Crippen LogP contribution in [0.3, 0.4) is 0 Å². The molecule has 0 radical (unpaired) electrons. The molecular formula is C24H34FIN4O3. The number of hydrogen-bond donors (Lipinski definition) is 1. The number of methoxy groups -OCH3 is 3. The first-order chi connectivity index (χ1) is 15.6. The van der Waals surface area contributed by atoms with Gasteiger partial charge in [0.15, 0.2) is 5.96 Å². The quantitative estimate of drug-likeness (QED) is 0.297. The second-order valence-electron chi connectivity index (χ2n) is 7.70. The maximum atomic E-state index is 13.8. The van der Waals surface area contributed by atoms with Gasteiger partial charge < -0.3 is 24.4 Å². The second-order valence-corrected chi connectivity index (χ2v) is 7.70. The number of piperazine rings is 1. The predicted octanol–water partition coefficient (Wildman–Crippen LogP) is 3.50. The lowest BCUT2D eigenvalue weighted by Gasteiger charge is -2.36. The van der Waals surface area contributed by atoms with Gasteiger partial charge in [-0.3, -0.25) is 9.89 Å². The third kappa shape index (κ3) is 7.44. The number of halogens is 2. The van der Waals surface area contributed by atoms with Crippen molar-refractivity contribution in [2.45, 2.75) is 19.7 Å².